The van der Waals surface area contributed by atoms with Crippen LogP contribution in [0.1, 0.15) is 92.6 Å². The number of esters is 2. The average Bonchev–Trinajstić information content (AvgIpc) is 3.19. The number of nitrogens with zero attached hydrogens (tertiary/aromatic N) is 1. The number of rotatable bonds is 12. The molecule has 7 rings (SSSR count). The minimum absolute atomic E-state index is 0.249. The van der Waals surface area contributed by atoms with E-state index >= 15 is 0 Å². The van der Waals surface area contributed by atoms with Crippen molar-refractivity contribution in [2.24, 2.45) is 0 Å². The molecule has 6 aromatic rings. The molecule has 0 bridgehead atoms. The number of hydrogen-bond donors (Lipinski definition) is 0. The Morgan fingerprint density at radius 3 is 1.66 bits per heavy atom. The van der Waals surface area contributed by atoms with Gasteiger partial charge in [0.05, 0.1) is 23.3 Å². The molecule has 10 nitrogen and oxygen atoms in total. The van der Waals surface area contributed by atoms with Crippen molar-refractivity contribution in [2.45, 2.75) is 91.5 Å². The van der Waals surface area contributed by atoms with Crippen molar-refractivity contribution in [1.82, 2.24) is 4.98 Å². The third-order valence-corrected chi connectivity index (χ3v) is 9.13. The van der Waals surface area contributed by atoms with Gasteiger partial charge in [-0.05, 0) is 150 Å². The molecule has 58 heavy (non-hydrogen) atoms. The molecule has 1 unspecified atom stereocenters. The van der Waals surface area contributed by atoms with Crippen LogP contribution in [0.4, 0.5) is 0 Å². The second-order valence-electron chi connectivity index (χ2n) is 16.3. The summed E-state index contributed by atoms with van der Waals surface area (Å²) in [6, 6.07) is 33.5. The number of benzene rings is 5. The maximum Gasteiger partial charge on any atom is 0.338 e. The quantitative estimate of drug-likeness (QED) is 0.0878. The number of aromatic nitrogens is 1. The molecule has 1 aliphatic heterocycles. The van der Waals surface area contributed by atoms with E-state index in [-0.39, 0.29) is 24.8 Å². The highest BCUT2D eigenvalue weighted by molar-refractivity contribution is 6.08. The van der Waals surface area contributed by atoms with E-state index in [1.54, 1.807) is 24.3 Å². The Kier molecular flexibility index (Phi) is 11.9. The van der Waals surface area contributed by atoms with Crippen molar-refractivity contribution in [2.75, 3.05) is 6.61 Å². The van der Waals surface area contributed by atoms with Crippen LogP contribution in [0.3, 0.4) is 0 Å². The first-order chi connectivity index (χ1) is 27.7. The van der Waals surface area contributed by atoms with Crippen molar-refractivity contribution < 1.29 is 42.7 Å². The predicted molar refractivity (Wildman–Crippen MR) is 222 cm³/mol. The molecule has 5 aromatic carbocycles. The van der Waals surface area contributed by atoms with Crippen molar-refractivity contribution in [1.29, 1.82) is 0 Å². The van der Waals surface area contributed by atoms with Crippen molar-refractivity contribution in [3.63, 3.8) is 0 Å². The largest absolute Gasteiger partial charge is 0.489 e. The standard InChI is InChI=1S/C48H49NO9/c1-47(2,3)57-45(50)33-14-10-31(11-15-33)29-53-37-22-24-39-40-25-23-38(54-30-32-12-16-34(17-13-32)46(51)58-48(4,5)6)28-42(40)49-44(41(39)27-37)56-36-20-18-35(19-21-36)55-43-9-7-8-26-52-43/h10-25,27-28,43H,7-9,26,29-30H2,1-6H3. The van der Waals surface area contributed by atoms with E-state index in [9.17, 15) is 9.59 Å². The maximum absolute atomic E-state index is 12.5. The molecule has 1 saturated heterocycles. The molecular weight excluding hydrogens is 735 g/mol. The highest BCUT2D eigenvalue weighted by atomic mass is 16.7. The number of fused-ring (bicyclic) bond motifs is 3. The Hall–Kier alpha value is -6.13. The summed E-state index contributed by atoms with van der Waals surface area (Å²) in [7, 11) is 0. The Balaban J connectivity index is 1.12. The molecule has 0 aliphatic carbocycles. The molecule has 0 radical (unpaired) electrons. The van der Waals surface area contributed by atoms with E-state index in [1.807, 2.05) is 126 Å². The summed E-state index contributed by atoms with van der Waals surface area (Å²) in [5.74, 6) is 2.21. The van der Waals surface area contributed by atoms with Crippen LogP contribution in [-0.4, -0.2) is 41.0 Å². The van der Waals surface area contributed by atoms with Gasteiger partial charge in [-0.3, -0.25) is 0 Å². The summed E-state index contributed by atoms with van der Waals surface area (Å²) in [5, 5.41) is 2.60. The van der Waals surface area contributed by atoms with E-state index in [0.717, 1.165) is 46.5 Å². The van der Waals surface area contributed by atoms with Gasteiger partial charge in [0, 0.05) is 23.3 Å². The zero-order chi connectivity index (χ0) is 40.9. The highest BCUT2D eigenvalue weighted by Gasteiger charge is 2.20. The minimum Gasteiger partial charge on any atom is -0.489 e. The fourth-order valence-electron chi connectivity index (χ4n) is 6.33. The summed E-state index contributed by atoms with van der Waals surface area (Å²) in [5.41, 5.74) is 2.30. The minimum atomic E-state index is -0.574. The second-order valence-corrected chi connectivity index (χ2v) is 16.3. The number of carbonyl (C=O) groups excluding carboxylic acids is 2. The van der Waals surface area contributed by atoms with Gasteiger partial charge < -0.3 is 33.2 Å². The number of ether oxygens (including phenoxy) is 7. The lowest BCUT2D eigenvalue weighted by Gasteiger charge is -2.23. The zero-order valence-corrected chi connectivity index (χ0v) is 33.8. The first kappa shape index (κ1) is 40.1. The molecule has 0 amide bonds. The predicted octanol–water partition coefficient (Wildman–Crippen LogP) is 11.2. The highest BCUT2D eigenvalue weighted by Crippen LogP contribution is 2.37. The van der Waals surface area contributed by atoms with Crippen molar-refractivity contribution in [3.05, 3.63) is 131 Å². The lowest BCUT2D eigenvalue weighted by molar-refractivity contribution is -0.105. The number of hydrogen-bond acceptors (Lipinski definition) is 10. The average molecular weight is 784 g/mol. The molecule has 1 aliphatic rings. The molecule has 0 saturated carbocycles. The van der Waals surface area contributed by atoms with E-state index in [4.69, 9.17) is 38.1 Å². The van der Waals surface area contributed by atoms with Gasteiger partial charge in [-0.15, -0.1) is 0 Å². The molecule has 2 heterocycles. The van der Waals surface area contributed by atoms with Crippen molar-refractivity contribution in [3.8, 4) is 28.9 Å². The van der Waals surface area contributed by atoms with Crippen LogP contribution in [0, 0.1) is 0 Å². The Morgan fingerprint density at radius 1 is 0.603 bits per heavy atom. The SMILES string of the molecule is CC(C)(C)OC(=O)c1ccc(COc2ccc3c(c2)nc(Oc2ccc(OC4CCCCO4)cc2)c2cc(OCc4ccc(C(=O)OC(C)(C)C)cc4)ccc23)cc1. The van der Waals surface area contributed by atoms with E-state index < -0.39 is 11.2 Å². The van der Waals surface area contributed by atoms with Gasteiger partial charge in [0.2, 0.25) is 5.88 Å². The van der Waals surface area contributed by atoms with Crippen LogP contribution < -0.4 is 18.9 Å². The summed E-state index contributed by atoms with van der Waals surface area (Å²) in [6.45, 7) is 12.3. The monoisotopic (exact) mass is 783 g/mol. The fourth-order valence-corrected chi connectivity index (χ4v) is 6.33. The molecule has 1 atom stereocenters. The van der Waals surface area contributed by atoms with Gasteiger partial charge in [0.1, 0.15) is 47.4 Å². The first-order valence-electron chi connectivity index (χ1n) is 19.6. The lowest BCUT2D eigenvalue weighted by atomic mass is 10.1. The number of carbonyl (C=O) groups is 2. The maximum atomic E-state index is 12.5. The van der Waals surface area contributed by atoms with Gasteiger partial charge in [0.25, 0.3) is 0 Å². The van der Waals surface area contributed by atoms with Crippen LogP contribution in [0.5, 0.6) is 28.9 Å². The molecule has 0 N–H and O–H groups in total. The topological polar surface area (TPSA) is 112 Å². The zero-order valence-electron chi connectivity index (χ0n) is 33.8. The molecule has 0 spiro atoms. The number of pyridine rings is 1. The van der Waals surface area contributed by atoms with Crippen LogP contribution >= 0.6 is 0 Å². The summed E-state index contributed by atoms with van der Waals surface area (Å²) >= 11 is 0. The van der Waals surface area contributed by atoms with Crippen LogP contribution in [0.15, 0.2) is 109 Å². The fraction of sp³-hybridized carbons (Fsp3) is 0.312. The van der Waals surface area contributed by atoms with E-state index in [2.05, 4.69) is 0 Å². The third-order valence-electron chi connectivity index (χ3n) is 9.13. The first-order valence-corrected chi connectivity index (χ1v) is 19.6. The Bertz CT molecular complexity index is 2370. The summed E-state index contributed by atoms with van der Waals surface area (Å²) < 4.78 is 41.7. The van der Waals surface area contributed by atoms with Gasteiger partial charge in [-0.25, -0.2) is 14.6 Å². The van der Waals surface area contributed by atoms with E-state index in [1.165, 1.54) is 0 Å². The van der Waals surface area contributed by atoms with Gasteiger partial charge >= 0.3 is 11.9 Å². The van der Waals surface area contributed by atoms with Gasteiger partial charge in [-0.2, -0.15) is 0 Å². The summed E-state index contributed by atoms with van der Waals surface area (Å²) in [6.07, 6.45) is 2.74. The normalized spacial score (nSPS) is 14.5. The van der Waals surface area contributed by atoms with E-state index in [0.29, 0.717) is 58.7 Å². The molecule has 1 aromatic heterocycles. The van der Waals surface area contributed by atoms with Gasteiger partial charge in [-0.1, -0.05) is 24.3 Å². The van der Waals surface area contributed by atoms with Gasteiger partial charge in [0.15, 0.2) is 6.29 Å². The molecule has 1 fully saturated rings. The van der Waals surface area contributed by atoms with Crippen LogP contribution in [0.2, 0.25) is 0 Å². The molecular formula is C48H49NO9. The lowest BCUT2D eigenvalue weighted by Crippen LogP contribution is -2.24. The van der Waals surface area contributed by atoms with Crippen LogP contribution in [-0.2, 0) is 27.4 Å². The summed E-state index contributed by atoms with van der Waals surface area (Å²) in [4.78, 5) is 30.0. The van der Waals surface area contributed by atoms with Crippen molar-refractivity contribution >= 4 is 33.6 Å². The van der Waals surface area contributed by atoms with Crippen LogP contribution in [0.25, 0.3) is 21.7 Å². The molecule has 300 valence electrons. The third kappa shape index (κ3) is 10.6. The Labute approximate surface area is 339 Å². The smallest absolute Gasteiger partial charge is 0.338 e. The molecule has 10 heteroatoms. The Morgan fingerprint density at radius 2 is 1.12 bits per heavy atom. The second kappa shape index (κ2) is 17.2.